The SMILES string of the molecule is NC(=O)C1CCN(S(=O)(=O)c2cc([N+](=O)[O-])ccc2N=Nc2c(O)[nH]c3ccccc23)CC1. The van der Waals surface area contributed by atoms with Crippen molar-refractivity contribution in [3.8, 4) is 5.88 Å². The van der Waals surface area contributed by atoms with Gasteiger partial charge in [0, 0.05) is 36.5 Å². The maximum atomic E-state index is 13.3. The van der Waals surface area contributed by atoms with E-state index in [9.17, 15) is 28.4 Å². The number of carbonyl (C=O) groups is 1. The lowest BCUT2D eigenvalue weighted by Gasteiger charge is -2.29. The van der Waals surface area contributed by atoms with E-state index in [1.54, 1.807) is 24.3 Å². The number of fused-ring (bicyclic) bond motifs is 1. The number of aromatic amines is 1. The number of nitrogens with two attached hydrogens (primary N) is 1. The van der Waals surface area contributed by atoms with Crippen molar-refractivity contribution in [2.45, 2.75) is 17.7 Å². The normalized spacial score (nSPS) is 15.9. The van der Waals surface area contributed by atoms with Gasteiger partial charge in [-0.25, -0.2) is 8.42 Å². The average molecular weight is 472 g/mol. The van der Waals surface area contributed by atoms with E-state index in [0.29, 0.717) is 10.9 Å². The zero-order valence-corrected chi connectivity index (χ0v) is 18.0. The van der Waals surface area contributed by atoms with Crippen LogP contribution in [0.5, 0.6) is 5.88 Å². The summed E-state index contributed by atoms with van der Waals surface area (Å²) in [5, 5.41) is 30.0. The van der Waals surface area contributed by atoms with Crippen molar-refractivity contribution in [1.29, 1.82) is 0 Å². The number of azo groups is 1. The van der Waals surface area contributed by atoms with E-state index in [2.05, 4.69) is 15.2 Å². The molecule has 0 aliphatic carbocycles. The number of aromatic nitrogens is 1. The van der Waals surface area contributed by atoms with Crippen molar-refractivity contribution in [1.82, 2.24) is 9.29 Å². The second kappa shape index (κ2) is 8.60. The number of hydrogen-bond acceptors (Lipinski definition) is 8. The summed E-state index contributed by atoms with van der Waals surface area (Å²) in [6.45, 7) is 0.0803. The van der Waals surface area contributed by atoms with E-state index in [0.717, 1.165) is 16.4 Å². The molecule has 0 spiro atoms. The molecule has 1 aromatic heterocycles. The first kappa shape index (κ1) is 22.4. The minimum absolute atomic E-state index is 0.0401. The molecule has 12 nitrogen and oxygen atoms in total. The van der Waals surface area contributed by atoms with E-state index in [-0.39, 0.29) is 43.2 Å². The van der Waals surface area contributed by atoms with Gasteiger partial charge >= 0.3 is 0 Å². The number of nitrogens with zero attached hydrogens (tertiary/aromatic N) is 4. The number of aromatic hydroxyl groups is 1. The Bertz CT molecular complexity index is 1370. The van der Waals surface area contributed by atoms with Gasteiger partial charge in [-0.3, -0.25) is 14.9 Å². The highest BCUT2D eigenvalue weighted by Gasteiger charge is 2.34. The van der Waals surface area contributed by atoms with Gasteiger partial charge in [0.25, 0.3) is 5.69 Å². The molecule has 1 amide bonds. The van der Waals surface area contributed by atoms with Crippen molar-refractivity contribution in [3.63, 3.8) is 0 Å². The van der Waals surface area contributed by atoms with Crippen LogP contribution in [0, 0.1) is 16.0 Å². The molecule has 0 saturated carbocycles. The van der Waals surface area contributed by atoms with Gasteiger partial charge in [-0.15, -0.1) is 10.2 Å². The second-order valence-corrected chi connectivity index (χ2v) is 9.46. The summed E-state index contributed by atoms with van der Waals surface area (Å²) in [7, 11) is -4.19. The highest BCUT2D eigenvalue weighted by Crippen LogP contribution is 2.38. The van der Waals surface area contributed by atoms with Crippen molar-refractivity contribution in [2.24, 2.45) is 21.9 Å². The number of para-hydroxylation sites is 1. The van der Waals surface area contributed by atoms with Crippen LogP contribution in [-0.2, 0) is 14.8 Å². The van der Waals surface area contributed by atoms with Gasteiger partial charge in [-0.05, 0) is 25.0 Å². The number of H-pyrrole nitrogens is 1. The predicted octanol–water partition coefficient (Wildman–Crippen LogP) is 3.08. The molecule has 0 atom stereocenters. The fourth-order valence-electron chi connectivity index (χ4n) is 3.74. The molecule has 2 aromatic carbocycles. The number of carbonyl (C=O) groups excluding carboxylic acids is 1. The number of piperidine rings is 1. The molecule has 0 unspecified atom stereocenters. The van der Waals surface area contributed by atoms with E-state index >= 15 is 0 Å². The fraction of sp³-hybridized carbons (Fsp3) is 0.250. The first-order chi connectivity index (χ1) is 15.7. The zero-order chi connectivity index (χ0) is 23.8. The van der Waals surface area contributed by atoms with Crippen LogP contribution in [-0.4, -0.2) is 46.7 Å². The number of nitro benzene ring substituents is 1. The first-order valence-electron chi connectivity index (χ1n) is 9.98. The van der Waals surface area contributed by atoms with Gasteiger partial charge in [0.05, 0.1) is 10.4 Å². The summed E-state index contributed by atoms with van der Waals surface area (Å²) in [5.74, 6) is -1.17. The molecule has 1 saturated heterocycles. The summed E-state index contributed by atoms with van der Waals surface area (Å²) in [5.41, 5.74) is 5.49. The molecule has 1 fully saturated rings. The Hall–Kier alpha value is -3.84. The van der Waals surface area contributed by atoms with Crippen LogP contribution in [0.2, 0.25) is 0 Å². The van der Waals surface area contributed by atoms with Crippen LogP contribution in [0.4, 0.5) is 17.1 Å². The summed E-state index contributed by atoms with van der Waals surface area (Å²) >= 11 is 0. The highest BCUT2D eigenvalue weighted by molar-refractivity contribution is 7.89. The second-order valence-electron chi connectivity index (χ2n) is 7.56. The van der Waals surface area contributed by atoms with Crippen LogP contribution >= 0.6 is 0 Å². The van der Waals surface area contributed by atoms with E-state index < -0.39 is 37.4 Å². The molecule has 4 rings (SSSR count). The minimum atomic E-state index is -4.19. The third kappa shape index (κ3) is 4.27. The first-order valence-corrected chi connectivity index (χ1v) is 11.4. The molecule has 2 heterocycles. The Balaban J connectivity index is 1.74. The molecule has 4 N–H and O–H groups in total. The van der Waals surface area contributed by atoms with Crippen LogP contribution in [0.1, 0.15) is 12.8 Å². The maximum absolute atomic E-state index is 13.3. The summed E-state index contributed by atoms with van der Waals surface area (Å²) in [4.78, 5) is 24.3. The molecule has 13 heteroatoms. The topological polar surface area (TPSA) is 184 Å². The molecule has 0 bridgehead atoms. The molecule has 172 valence electrons. The number of rotatable bonds is 6. The van der Waals surface area contributed by atoms with Gasteiger partial charge in [0.2, 0.25) is 21.8 Å². The summed E-state index contributed by atoms with van der Waals surface area (Å²) < 4.78 is 27.8. The Labute approximate surface area is 187 Å². The molecule has 1 aliphatic rings. The number of non-ortho nitro benzene ring substituents is 1. The lowest BCUT2D eigenvalue weighted by molar-refractivity contribution is -0.385. The highest BCUT2D eigenvalue weighted by atomic mass is 32.2. The van der Waals surface area contributed by atoms with Crippen molar-refractivity contribution >= 4 is 43.9 Å². The predicted molar refractivity (Wildman–Crippen MR) is 118 cm³/mol. The Morgan fingerprint density at radius 3 is 2.55 bits per heavy atom. The number of sulfonamides is 1. The van der Waals surface area contributed by atoms with Gasteiger partial charge in [-0.2, -0.15) is 4.31 Å². The van der Waals surface area contributed by atoms with Crippen LogP contribution in [0.25, 0.3) is 10.9 Å². The molecule has 3 aromatic rings. The Morgan fingerprint density at radius 1 is 1.18 bits per heavy atom. The quantitative estimate of drug-likeness (QED) is 0.281. The Kier molecular flexibility index (Phi) is 5.82. The summed E-state index contributed by atoms with van der Waals surface area (Å²) in [6, 6.07) is 10.2. The zero-order valence-electron chi connectivity index (χ0n) is 17.2. The maximum Gasteiger partial charge on any atom is 0.270 e. The fourth-order valence-corrected chi connectivity index (χ4v) is 5.36. The lowest BCUT2D eigenvalue weighted by atomic mass is 9.98. The lowest BCUT2D eigenvalue weighted by Crippen LogP contribution is -2.41. The molecular weight excluding hydrogens is 452 g/mol. The Morgan fingerprint density at radius 2 is 1.88 bits per heavy atom. The van der Waals surface area contributed by atoms with Crippen molar-refractivity contribution in [2.75, 3.05) is 13.1 Å². The van der Waals surface area contributed by atoms with E-state index in [1.807, 2.05) is 0 Å². The molecule has 1 aliphatic heterocycles. The molecule has 33 heavy (non-hydrogen) atoms. The van der Waals surface area contributed by atoms with Crippen LogP contribution in [0.3, 0.4) is 0 Å². The number of nitro groups is 1. The minimum Gasteiger partial charge on any atom is -0.493 e. The number of hydrogen-bond donors (Lipinski definition) is 3. The van der Waals surface area contributed by atoms with Gasteiger partial charge in [0.1, 0.15) is 10.6 Å². The van der Waals surface area contributed by atoms with E-state index in [4.69, 9.17) is 5.73 Å². The van der Waals surface area contributed by atoms with Gasteiger partial charge in [0.15, 0.2) is 5.69 Å². The van der Waals surface area contributed by atoms with Crippen LogP contribution in [0.15, 0.2) is 57.6 Å². The smallest absolute Gasteiger partial charge is 0.270 e. The average Bonchev–Trinajstić information content (AvgIpc) is 3.12. The largest absolute Gasteiger partial charge is 0.493 e. The van der Waals surface area contributed by atoms with Gasteiger partial charge < -0.3 is 15.8 Å². The third-order valence-corrected chi connectivity index (χ3v) is 7.47. The van der Waals surface area contributed by atoms with Crippen molar-refractivity contribution in [3.05, 3.63) is 52.6 Å². The third-order valence-electron chi connectivity index (χ3n) is 5.55. The number of amides is 1. The summed E-state index contributed by atoms with van der Waals surface area (Å²) in [6.07, 6.45) is 0.507. The number of nitrogens with one attached hydrogen (secondary N) is 1. The van der Waals surface area contributed by atoms with Gasteiger partial charge in [-0.1, -0.05) is 18.2 Å². The number of primary amides is 1. The standard InChI is InChI=1S/C20H20N6O6S/c21-19(27)12-7-9-25(10-8-12)33(31,32)17-11-13(26(29)30)5-6-16(17)23-24-18-14-3-1-2-4-15(14)22-20(18)28/h1-6,11-12,22,28H,7-10H2,(H2,21,27). The molecular formula is C20H20N6O6S. The van der Waals surface area contributed by atoms with E-state index in [1.165, 1.54) is 6.07 Å². The van der Waals surface area contributed by atoms with Crippen LogP contribution < -0.4 is 5.73 Å². The molecule has 0 radical (unpaired) electrons. The monoisotopic (exact) mass is 472 g/mol. The van der Waals surface area contributed by atoms with Crippen molar-refractivity contribution < 1.29 is 23.2 Å². The number of benzene rings is 2.